The molecule has 2 N–H and O–H groups in total. The summed E-state index contributed by atoms with van der Waals surface area (Å²) in [6, 6.07) is 15.1. The SMILES string of the molecule is O=C(Nc1ccc(Br)cc1F)[C@@H](Cc1ccccc1)NS(=O)(=O)c1ccc(Br)s1. The Bertz CT molecular complexity index is 1120. The van der Waals surface area contributed by atoms with Crippen LogP contribution in [0.4, 0.5) is 10.1 Å². The molecular weight excluding hydrogens is 547 g/mol. The van der Waals surface area contributed by atoms with Crippen LogP contribution < -0.4 is 10.0 Å². The van der Waals surface area contributed by atoms with Crippen molar-refractivity contribution in [1.29, 1.82) is 0 Å². The van der Waals surface area contributed by atoms with Crippen molar-refractivity contribution < 1.29 is 17.6 Å². The van der Waals surface area contributed by atoms with Gasteiger partial charge in [0, 0.05) is 4.47 Å². The molecule has 0 aliphatic carbocycles. The first-order chi connectivity index (χ1) is 13.7. The molecule has 1 heterocycles. The average molecular weight is 562 g/mol. The van der Waals surface area contributed by atoms with E-state index in [2.05, 4.69) is 41.9 Å². The van der Waals surface area contributed by atoms with E-state index < -0.39 is 27.8 Å². The third-order valence-electron chi connectivity index (χ3n) is 3.90. The van der Waals surface area contributed by atoms with Gasteiger partial charge in [0.15, 0.2) is 0 Å². The van der Waals surface area contributed by atoms with Gasteiger partial charge in [0.2, 0.25) is 5.91 Å². The summed E-state index contributed by atoms with van der Waals surface area (Å²) in [7, 11) is -3.94. The van der Waals surface area contributed by atoms with Crippen molar-refractivity contribution in [2.45, 2.75) is 16.7 Å². The Balaban J connectivity index is 1.86. The number of hydrogen-bond acceptors (Lipinski definition) is 4. The molecule has 29 heavy (non-hydrogen) atoms. The van der Waals surface area contributed by atoms with Crippen LogP contribution in [0.2, 0.25) is 0 Å². The molecule has 0 saturated heterocycles. The molecule has 1 amide bonds. The minimum atomic E-state index is -3.94. The van der Waals surface area contributed by atoms with Crippen LogP contribution in [0.15, 0.2) is 73.1 Å². The molecular formula is C19H15Br2FN2O3S2. The zero-order valence-corrected chi connectivity index (χ0v) is 19.5. The van der Waals surface area contributed by atoms with Crippen LogP contribution >= 0.6 is 43.2 Å². The number of amides is 1. The maximum atomic E-state index is 14.1. The van der Waals surface area contributed by atoms with Crippen LogP contribution in [0, 0.1) is 5.82 Å². The first kappa shape index (κ1) is 22.1. The molecule has 0 aliphatic heterocycles. The van der Waals surface area contributed by atoms with Crippen LogP contribution in [0.25, 0.3) is 0 Å². The average Bonchev–Trinajstić information content (AvgIpc) is 3.11. The molecule has 0 saturated carbocycles. The fourth-order valence-electron chi connectivity index (χ4n) is 2.54. The molecule has 152 valence electrons. The zero-order chi connectivity index (χ0) is 21.0. The van der Waals surface area contributed by atoms with Gasteiger partial charge in [-0.15, -0.1) is 11.3 Å². The summed E-state index contributed by atoms with van der Waals surface area (Å²) in [4.78, 5) is 12.8. The lowest BCUT2D eigenvalue weighted by molar-refractivity contribution is -0.117. The molecule has 1 atom stereocenters. The zero-order valence-electron chi connectivity index (χ0n) is 14.7. The number of carbonyl (C=O) groups is 1. The summed E-state index contributed by atoms with van der Waals surface area (Å²) >= 11 is 7.42. The van der Waals surface area contributed by atoms with Gasteiger partial charge in [0.05, 0.1) is 9.47 Å². The van der Waals surface area contributed by atoms with E-state index in [4.69, 9.17) is 0 Å². The van der Waals surface area contributed by atoms with Crippen LogP contribution in [-0.2, 0) is 21.2 Å². The minimum absolute atomic E-state index is 0.0330. The molecule has 3 aromatic rings. The number of sulfonamides is 1. The van der Waals surface area contributed by atoms with E-state index >= 15 is 0 Å². The Hall–Kier alpha value is -1.59. The van der Waals surface area contributed by atoms with E-state index in [9.17, 15) is 17.6 Å². The number of hydrogen-bond donors (Lipinski definition) is 2. The Morgan fingerprint density at radius 2 is 1.79 bits per heavy atom. The highest BCUT2D eigenvalue weighted by Crippen LogP contribution is 2.26. The van der Waals surface area contributed by atoms with Gasteiger partial charge in [-0.3, -0.25) is 4.79 Å². The molecule has 0 aliphatic rings. The summed E-state index contributed by atoms with van der Waals surface area (Å²) < 4.78 is 43.3. The van der Waals surface area contributed by atoms with E-state index in [1.165, 1.54) is 18.2 Å². The largest absolute Gasteiger partial charge is 0.322 e. The van der Waals surface area contributed by atoms with Gasteiger partial charge in [-0.2, -0.15) is 4.72 Å². The van der Waals surface area contributed by atoms with Crippen molar-refractivity contribution in [3.63, 3.8) is 0 Å². The highest BCUT2D eigenvalue weighted by Gasteiger charge is 2.27. The number of halogens is 3. The third-order valence-corrected chi connectivity index (χ3v) is 7.98. The number of rotatable bonds is 7. The lowest BCUT2D eigenvalue weighted by Gasteiger charge is -2.18. The normalized spacial score (nSPS) is 12.5. The second kappa shape index (κ2) is 9.48. The molecule has 2 aromatic carbocycles. The quantitative estimate of drug-likeness (QED) is 0.429. The topological polar surface area (TPSA) is 75.3 Å². The lowest BCUT2D eigenvalue weighted by atomic mass is 10.1. The monoisotopic (exact) mass is 560 g/mol. The van der Waals surface area contributed by atoms with E-state index in [1.807, 2.05) is 6.07 Å². The predicted molar refractivity (Wildman–Crippen MR) is 119 cm³/mol. The Kier molecular flexibility index (Phi) is 7.23. The number of nitrogens with one attached hydrogen (secondary N) is 2. The van der Waals surface area contributed by atoms with Gasteiger partial charge in [-0.05, 0) is 58.2 Å². The van der Waals surface area contributed by atoms with Crippen molar-refractivity contribution in [3.8, 4) is 0 Å². The van der Waals surface area contributed by atoms with Gasteiger partial charge >= 0.3 is 0 Å². The minimum Gasteiger partial charge on any atom is -0.322 e. The number of carbonyl (C=O) groups excluding carboxylic acids is 1. The van der Waals surface area contributed by atoms with E-state index in [-0.39, 0.29) is 16.3 Å². The molecule has 0 bridgehead atoms. The summed E-state index contributed by atoms with van der Waals surface area (Å²) in [5.41, 5.74) is 0.730. The van der Waals surface area contributed by atoms with Gasteiger partial charge in [-0.25, -0.2) is 12.8 Å². The highest BCUT2D eigenvalue weighted by atomic mass is 79.9. The van der Waals surface area contributed by atoms with Crippen LogP contribution in [0.3, 0.4) is 0 Å². The summed E-state index contributed by atoms with van der Waals surface area (Å²) in [6.07, 6.45) is 0.108. The molecule has 3 rings (SSSR count). The van der Waals surface area contributed by atoms with Gasteiger partial charge in [-0.1, -0.05) is 46.3 Å². The van der Waals surface area contributed by atoms with Crippen molar-refractivity contribution in [2.75, 3.05) is 5.32 Å². The number of benzene rings is 2. The molecule has 0 radical (unpaired) electrons. The van der Waals surface area contributed by atoms with Crippen molar-refractivity contribution in [2.24, 2.45) is 0 Å². The Labute approximate surface area is 188 Å². The molecule has 0 spiro atoms. The molecule has 0 fully saturated rings. The molecule has 10 heteroatoms. The van der Waals surface area contributed by atoms with Crippen LogP contribution in [0.1, 0.15) is 5.56 Å². The van der Waals surface area contributed by atoms with Crippen molar-refractivity contribution >= 4 is 64.8 Å². The van der Waals surface area contributed by atoms with E-state index in [0.29, 0.717) is 8.26 Å². The summed E-state index contributed by atoms with van der Waals surface area (Å²) in [5.74, 6) is -1.29. The summed E-state index contributed by atoms with van der Waals surface area (Å²) in [6.45, 7) is 0. The highest BCUT2D eigenvalue weighted by molar-refractivity contribution is 9.11. The van der Waals surface area contributed by atoms with E-state index in [0.717, 1.165) is 16.9 Å². The predicted octanol–water partition coefficient (Wildman–Crippen LogP) is 4.94. The fraction of sp³-hybridized carbons (Fsp3) is 0.105. The first-order valence-corrected chi connectivity index (χ1v) is 12.2. The number of thiophene rings is 1. The van der Waals surface area contributed by atoms with Crippen LogP contribution in [0.5, 0.6) is 0 Å². The number of anilines is 1. The fourth-order valence-corrected chi connectivity index (χ4v) is 6.09. The second-order valence-corrected chi connectivity index (χ2v) is 11.4. The van der Waals surface area contributed by atoms with Crippen LogP contribution in [-0.4, -0.2) is 20.4 Å². The van der Waals surface area contributed by atoms with Gasteiger partial charge < -0.3 is 5.32 Å². The Morgan fingerprint density at radius 3 is 2.41 bits per heavy atom. The standard InChI is InChI=1S/C19H15Br2FN2O3S2/c20-13-6-7-15(14(22)11-13)23-19(25)16(10-12-4-2-1-3-5-12)24-29(26,27)18-9-8-17(21)28-18/h1-9,11,16,24H,10H2,(H,23,25)/t16-/m1/s1. The molecule has 5 nitrogen and oxygen atoms in total. The lowest BCUT2D eigenvalue weighted by Crippen LogP contribution is -2.45. The van der Waals surface area contributed by atoms with Gasteiger partial charge in [0.25, 0.3) is 10.0 Å². The second-order valence-electron chi connectivity index (χ2n) is 6.04. The summed E-state index contributed by atoms with van der Waals surface area (Å²) in [5, 5.41) is 2.47. The van der Waals surface area contributed by atoms with Crippen molar-refractivity contribution in [3.05, 3.63) is 80.3 Å². The molecule has 0 unspecified atom stereocenters. The third kappa shape index (κ3) is 5.95. The van der Waals surface area contributed by atoms with E-state index in [1.54, 1.807) is 36.4 Å². The Morgan fingerprint density at radius 1 is 1.07 bits per heavy atom. The molecule has 1 aromatic heterocycles. The maximum absolute atomic E-state index is 14.1. The van der Waals surface area contributed by atoms with Gasteiger partial charge in [0.1, 0.15) is 16.1 Å². The maximum Gasteiger partial charge on any atom is 0.250 e. The first-order valence-electron chi connectivity index (χ1n) is 8.32. The smallest absolute Gasteiger partial charge is 0.250 e. The van der Waals surface area contributed by atoms with Crippen molar-refractivity contribution in [1.82, 2.24) is 4.72 Å².